The molecule has 2 bridgehead atoms. The van der Waals surface area contributed by atoms with Crippen LogP contribution in [0.3, 0.4) is 0 Å². The Hall–Kier alpha value is -1.52. The first-order valence-corrected chi connectivity index (χ1v) is 7.73. The molecule has 3 heterocycles. The van der Waals surface area contributed by atoms with Gasteiger partial charge < -0.3 is 0 Å². The summed E-state index contributed by atoms with van der Waals surface area (Å²) in [7, 11) is 1.63. The van der Waals surface area contributed by atoms with Crippen LogP contribution in [-0.4, -0.2) is 13.9 Å². The predicted molar refractivity (Wildman–Crippen MR) is 69.2 cm³/mol. The molecule has 102 valence electrons. The van der Waals surface area contributed by atoms with Gasteiger partial charge in [0.05, 0.1) is 12.1 Å². The van der Waals surface area contributed by atoms with Gasteiger partial charge in [0.2, 0.25) is 0 Å². The van der Waals surface area contributed by atoms with Crippen LogP contribution in [0.15, 0.2) is 21.7 Å². The van der Waals surface area contributed by atoms with E-state index in [4.69, 9.17) is 0 Å². The quantitative estimate of drug-likeness (QED) is 0.635. The van der Waals surface area contributed by atoms with E-state index in [0.29, 0.717) is 34.7 Å². The Morgan fingerprint density at radius 1 is 0.950 bits per heavy atom. The minimum atomic E-state index is -0.0841. The van der Waals surface area contributed by atoms with Gasteiger partial charge in [0.15, 0.2) is 0 Å². The van der Waals surface area contributed by atoms with Crippen molar-refractivity contribution in [3.8, 4) is 0 Å². The molecule has 0 N–H and O–H groups in total. The van der Waals surface area contributed by atoms with E-state index in [0.717, 1.165) is 24.7 Å². The summed E-state index contributed by atoms with van der Waals surface area (Å²) >= 11 is 0. The van der Waals surface area contributed by atoms with Crippen molar-refractivity contribution in [3.05, 3.63) is 33.1 Å². The van der Waals surface area contributed by atoms with Crippen LogP contribution in [-0.2, 0) is 7.05 Å². The molecule has 1 aromatic rings. The zero-order valence-corrected chi connectivity index (χ0v) is 11.2. The topological polar surface area (TPSA) is 48.9 Å². The molecule has 4 saturated carbocycles. The van der Waals surface area contributed by atoms with Gasteiger partial charge in [-0.2, -0.15) is 0 Å². The van der Waals surface area contributed by atoms with Crippen LogP contribution in [0.2, 0.25) is 0 Å². The van der Waals surface area contributed by atoms with Crippen molar-refractivity contribution in [2.75, 3.05) is 0 Å². The third-order valence-electron chi connectivity index (χ3n) is 8.06. The fourth-order valence-corrected chi connectivity index (χ4v) is 7.92. The Morgan fingerprint density at radius 3 is 1.95 bits per heavy atom. The molecular formula is C15H15N3O2. The maximum atomic E-state index is 12.5. The van der Waals surface area contributed by atoms with E-state index >= 15 is 0 Å². The molecule has 2 aliphatic heterocycles. The van der Waals surface area contributed by atoms with Crippen molar-refractivity contribution in [1.29, 1.82) is 0 Å². The highest BCUT2D eigenvalue weighted by atomic mass is 16.2. The summed E-state index contributed by atoms with van der Waals surface area (Å²) < 4.78 is 5.06. The lowest BCUT2D eigenvalue weighted by atomic mass is 9.67. The molecular weight excluding hydrogens is 254 g/mol. The van der Waals surface area contributed by atoms with Crippen molar-refractivity contribution in [2.45, 2.75) is 24.9 Å². The van der Waals surface area contributed by atoms with Crippen molar-refractivity contribution >= 4 is 0 Å². The fourth-order valence-electron chi connectivity index (χ4n) is 7.92. The van der Waals surface area contributed by atoms with Gasteiger partial charge in [-0.25, -0.2) is 23.5 Å². The van der Waals surface area contributed by atoms with Gasteiger partial charge >= 0.3 is 11.4 Å². The summed E-state index contributed by atoms with van der Waals surface area (Å²) in [5, 5.41) is 0. The number of aromatic nitrogens is 3. The molecule has 5 aliphatic carbocycles. The minimum Gasteiger partial charge on any atom is -0.246 e. The van der Waals surface area contributed by atoms with Gasteiger partial charge in [0.25, 0.3) is 0 Å². The maximum absolute atomic E-state index is 12.5. The lowest BCUT2D eigenvalue weighted by molar-refractivity contribution is -0.00147. The molecule has 20 heavy (non-hydrogen) atoms. The van der Waals surface area contributed by atoms with Gasteiger partial charge in [0, 0.05) is 17.9 Å². The van der Waals surface area contributed by atoms with E-state index in [9.17, 15) is 9.59 Å². The van der Waals surface area contributed by atoms with Crippen LogP contribution >= 0.6 is 0 Å². The third kappa shape index (κ3) is 0.504. The summed E-state index contributed by atoms with van der Waals surface area (Å²) in [5.74, 6) is 3.03. The zero-order valence-electron chi connectivity index (χ0n) is 11.2. The van der Waals surface area contributed by atoms with Gasteiger partial charge in [-0.05, 0) is 36.5 Å². The summed E-state index contributed by atoms with van der Waals surface area (Å²) in [6.07, 6.45) is 6.92. The normalized spacial score (nSPS) is 60.5. The highest BCUT2D eigenvalue weighted by Crippen LogP contribution is 3.04. The summed E-state index contributed by atoms with van der Waals surface area (Å²) in [6, 6.07) is 0.637. The van der Waals surface area contributed by atoms with Crippen molar-refractivity contribution in [3.63, 3.8) is 0 Å². The highest BCUT2D eigenvalue weighted by Gasteiger charge is 3.02. The largest absolute Gasteiger partial charge is 0.347 e. The second-order valence-corrected chi connectivity index (χ2v) is 7.87. The molecule has 5 heteroatoms. The first kappa shape index (κ1) is 9.42. The second kappa shape index (κ2) is 2.11. The molecule has 0 radical (unpaired) electrons. The zero-order chi connectivity index (χ0) is 13.2. The van der Waals surface area contributed by atoms with Crippen LogP contribution in [0, 0.1) is 34.5 Å². The lowest BCUT2D eigenvalue weighted by Gasteiger charge is -2.49. The summed E-state index contributed by atoms with van der Waals surface area (Å²) in [4.78, 5) is 25.0. The second-order valence-electron chi connectivity index (χ2n) is 7.87. The number of nitrogens with zero attached hydrogens (tertiary/aromatic N) is 3. The van der Waals surface area contributed by atoms with Crippen molar-refractivity contribution in [2.24, 2.45) is 41.5 Å². The molecule has 8 rings (SSSR count). The number of hydrogen-bond donors (Lipinski definition) is 0. The SMILES string of the molecule is Cn1c(=O)n2n(c1=O)[C@H]1[C@H]3C4C5[C@@]6(CC=CC[C@]516)[C@@H]2[C@@H]43. The Bertz CT molecular complexity index is 820. The average molecular weight is 269 g/mol. The molecule has 6 atom stereocenters. The smallest absolute Gasteiger partial charge is 0.246 e. The highest BCUT2D eigenvalue weighted by molar-refractivity contribution is 5.50. The maximum Gasteiger partial charge on any atom is 0.347 e. The molecule has 1 aromatic heterocycles. The molecule has 2 spiro atoms. The van der Waals surface area contributed by atoms with Crippen molar-refractivity contribution in [1.82, 2.24) is 13.9 Å². The van der Waals surface area contributed by atoms with Crippen LogP contribution in [0.5, 0.6) is 0 Å². The standard InChI is InChI=1S/C15H15N3O2/c1-16-12(19)17-10-7-6-8(7)11(18(17)13(16)20)15-5-3-2-4-14(10,15)9(6)15/h2-3,6-11H,4-5H2,1H3/t6?,7-,8-,9?,10-,11-,14-,15-/m0/s1. The molecule has 4 fully saturated rings. The molecule has 7 aliphatic rings. The van der Waals surface area contributed by atoms with Gasteiger partial charge in [-0.3, -0.25) is 0 Å². The van der Waals surface area contributed by atoms with Crippen LogP contribution < -0.4 is 11.4 Å². The summed E-state index contributed by atoms with van der Waals surface area (Å²) in [6.45, 7) is 0. The Labute approximate surface area is 114 Å². The monoisotopic (exact) mass is 269 g/mol. The molecule has 0 saturated heterocycles. The van der Waals surface area contributed by atoms with Crippen LogP contribution in [0.1, 0.15) is 24.9 Å². The minimum absolute atomic E-state index is 0.0841. The molecule has 0 unspecified atom stereocenters. The Balaban J connectivity index is 1.69. The summed E-state index contributed by atoms with van der Waals surface area (Å²) in [5.41, 5.74) is 0.515. The van der Waals surface area contributed by atoms with Gasteiger partial charge in [-0.1, -0.05) is 12.2 Å². The predicted octanol–water partition coefficient (Wildman–Crippen LogP) is 0.286. The van der Waals surface area contributed by atoms with E-state index in [1.807, 2.05) is 9.36 Å². The van der Waals surface area contributed by atoms with Gasteiger partial charge in [-0.15, -0.1) is 0 Å². The van der Waals surface area contributed by atoms with Crippen LogP contribution in [0.25, 0.3) is 0 Å². The number of hydrogen-bond acceptors (Lipinski definition) is 2. The van der Waals surface area contributed by atoms with E-state index in [1.54, 1.807) is 7.05 Å². The number of allylic oxidation sites excluding steroid dienone is 2. The average Bonchev–Trinajstić information content (AvgIpc) is 3.24. The van der Waals surface area contributed by atoms with Gasteiger partial charge in [0.1, 0.15) is 0 Å². The third-order valence-corrected chi connectivity index (χ3v) is 8.06. The first-order valence-electron chi connectivity index (χ1n) is 7.73. The molecule has 0 amide bonds. The number of rotatable bonds is 0. The van der Waals surface area contributed by atoms with E-state index in [2.05, 4.69) is 12.2 Å². The Morgan fingerprint density at radius 2 is 1.45 bits per heavy atom. The molecule has 0 aromatic carbocycles. The van der Waals surface area contributed by atoms with E-state index in [-0.39, 0.29) is 11.4 Å². The fraction of sp³-hybridized carbons (Fsp3) is 0.733. The van der Waals surface area contributed by atoms with E-state index in [1.165, 1.54) is 4.57 Å². The van der Waals surface area contributed by atoms with E-state index < -0.39 is 0 Å². The first-order chi connectivity index (χ1) is 9.68. The van der Waals surface area contributed by atoms with Crippen molar-refractivity contribution < 1.29 is 0 Å². The van der Waals surface area contributed by atoms with Crippen LogP contribution in [0.4, 0.5) is 0 Å². The lowest BCUT2D eigenvalue weighted by Crippen LogP contribution is -2.53. The molecule has 5 nitrogen and oxygen atoms in total. The Kier molecular flexibility index (Phi) is 0.992.